The highest BCUT2D eigenvalue weighted by Crippen LogP contribution is 2.46. The summed E-state index contributed by atoms with van der Waals surface area (Å²) in [7, 11) is -3.93. The average molecular weight is 445 g/mol. The zero-order chi connectivity index (χ0) is 21.5. The second kappa shape index (κ2) is 7.60. The summed E-state index contributed by atoms with van der Waals surface area (Å²) in [6.07, 6.45) is 0.749. The van der Waals surface area contributed by atoms with Crippen molar-refractivity contribution < 1.29 is 12.8 Å². The first-order valence-electron chi connectivity index (χ1n) is 9.60. The molecule has 3 aromatic carbocycles. The highest BCUT2D eigenvalue weighted by molar-refractivity contribution is 7.92. The van der Waals surface area contributed by atoms with Crippen molar-refractivity contribution in [3.8, 4) is 0 Å². The molecule has 0 bridgehead atoms. The molecule has 0 saturated heterocycles. The molecule has 7 heteroatoms. The lowest BCUT2D eigenvalue weighted by atomic mass is 9.74. The van der Waals surface area contributed by atoms with E-state index < -0.39 is 15.8 Å². The van der Waals surface area contributed by atoms with Crippen LogP contribution in [0, 0.1) is 5.82 Å². The maximum atomic E-state index is 13.5. The molecule has 1 heterocycles. The van der Waals surface area contributed by atoms with Crippen molar-refractivity contribution in [2.75, 3.05) is 10.0 Å². The van der Waals surface area contributed by atoms with Gasteiger partial charge >= 0.3 is 0 Å². The highest BCUT2D eigenvalue weighted by Gasteiger charge is 2.34. The van der Waals surface area contributed by atoms with Crippen LogP contribution < -0.4 is 10.0 Å². The maximum absolute atomic E-state index is 13.5. The summed E-state index contributed by atoms with van der Waals surface area (Å²) in [5, 5.41) is 4.20. The first-order valence-corrected chi connectivity index (χ1v) is 11.5. The summed E-state index contributed by atoms with van der Waals surface area (Å²) in [6.45, 7) is 4.30. The number of hydrogen-bond donors (Lipinski definition) is 2. The van der Waals surface area contributed by atoms with Gasteiger partial charge in [0.15, 0.2) is 0 Å². The van der Waals surface area contributed by atoms with E-state index in [-0.39, 0.29) is 16.4 Å². The number of sulfonamides is 1. The van der Waals surface area contributed by atoms with Crippen LogP contribution in [-0.2, 0) is 15.4 Å². The number of nitrogens with one attached hydrogen (secondary N) is 2. The normalized spacial score (nSPS) is 17.7. The molecule has 0 amide bonds. The molecule has 3 aromatic rings. The minimum Gasteiger partial charge on any atom is -0.378 e. The van der Waals surface area contributed by atoms with Gasteiger partial charge in [-0.2, -0.15) is 0 Å². The smallest absolute Gasteiger partial charge is 0.262 e. The van der Waals surface area contributed by atoms with Gasteiger partial charge in [0.1, 0.15) is 5.82 Å². The largest absolute Gasteiger partial charge is 0.378 e. The van der Waals surface area contributed by atoms with Gasteiger partial charge < -0.3 is 5.32 Å². The van der Waals surface area contributed by atoms with Crippen molar-refractivity contribution in [3.63, 3.8) is 0 Å². The molecule has 4 nitrogen and oxygen atoms in total. The Bertz CT molecular complexity index is 1210. The Hall–Kier alpha value is -2.57. The maximum Gasteiger partial charge on any atom is 0.262 e. The van der Waals surface area contributed by atoms with E-state index in [1.54, 1.807) is 12.1 Å². The number of fused-ring (bicyclic) bond motifs is 1. The molecule has 30 heavy (non-hydrogen) atoms. The molecule has 1 aliphatic heterocycles. The first-order chi connectivity index (χ1) is 14.2. The zero-order valence-corrected chi connectivity index (χ0v) is 18.2. The second-order valence-corrected chi connectivity index (χ2v) is 10.2. The molecule has 4 rings (SSSR count). The van der Waals surface area contributed by atoms with Crippen LogP contribution in [0.1, 0.15) is 37.4 Å². The van der Waals surface area contributed by atoms with Crippen molar-refractivity contribution in [2.45, 2.75) is 36.6 Å². The lowest BCUT2D eigenvalue weighted by molar-refractivity contribution is 0.428. The van der Waals surface area contributed by atoms with Crippen molar-refractivity contribution in [1.29, 1.82) is 0 Å². The van der Waals surface area contributed by atoms with Crippen LogP contribution in [-0.4, -0.2) is 8.42 Å². The molecule has 2 N–H and O–H groups in total. The Kier molecular flexibility index (Phi) is 5.24. The summed E-state index contributed by atoms with van der Waals surface area (Å²) in [5.74, 6) is -0.600. The average Bonchev–Trinajstić information content (AvgIpc) is 2.68. The van der Waals surface area contributed by atoms with Crippen molar-refractivity contribution in [3.05, 3.63) is 88.7 Å². The van der Waals surface area contributed by atoms with Gasteiger partial charge in [0.2, 0.25) is 0 Å². The van der Waals surface area contributed by atoms with Crippen molar-refractivity contribution in [2.24, 2.45) is 0 Å². The van der Waals surface area contributed by atoms with Gasteiger partial charge in [-0.3, -0.25) is 4.72 Å². The van der Waals surface area contributed by atoms with Crippen LogP contribution in [0.15, 0.2) is 71.6 Å². The molecule has 0 aliphatic carbocycles. The summed E-state index contributed by atoms with van der Waals surface area (Å²) in [4.78, 5) is -0.116. The lowest BCUT2D eigenvalue weighted by Gasteiger charge is -2.39. The standard InChI is InChI=1S/C23H22ClFN2O2S/c1-23(2)14-22(26-21-11-10-15(24)12-19(21)23)18-8-3-4-9-20(18)27-30(28,29)17-7-5-6-16(25)13-17/h3-13,22,26-27H,14H2,1-2H3. The van der Waals surface area contributed by atoms with Gasteiger partial charge in [-0.1, -0.05) is 49.7 Å². The number of benzene rings is 3. The SMILES string of the molecule is CC1(C)CC(c2ccccc2NS(=O)(=O)c2cccc(F)c2)Nc2ccc(Cl)cc21. The number of rotatable bonds is 4. The van der Waals surface area contributed by atoms with E-state index in [0.717, 1.165) is 29.3 Å². The lowest BCUT2D eigenvalue weighted by Crippen LogP contribution is -2.31. The van der Waals surface area contributed by atoms with Crippen LogP contribution in [0.3, 0.4) is 0 Å². The molecular weight excluding hydrogens is 423 g/mol. The van der Waals surface area contributed by atoms with Crippen LogP contribution in [0.4, 0.5) is 15.8 Å². The summed E-state index contributed by atoms with van der Waals surface area (Å²) in [5.41, 5.74) is 3.23. The molecule has 1 unspecified atom stereocenters. The zero-order valence-electron chi connectivity index (χ0n) is 16.6. The van der Waals surface area contributed by atoms with E-state index in [4.69, 9.17) is 11.6 Å². The Morgan fingerprint density at radius 2 is 1.83 bits per heavy atom. The Morgan fingerprint density at radius 3 is 2.60 bits per heavy atom. The van der Waals surface area contributed by atoms with Crippen molar-refractivity contribution in [1.82, 2.24) is 0 Å². The molecule has 0 saturated carbocycles. The summed E-state index contributed by atoms with van der Waals surface area (Å²) in [6, 6.07) is 17.9. The van der Waals surface area contributed by atoms with E-state index in [0.29, 0.717) is 10.7 Å². The molecule has 1 atom stereocenters. The van der Waals surface area contributed by atoms with Gasteiger partial charge in [0, 0.05) is 10.7 Å². The van der Waals surface area contributed by atoms with Crippen LogP contribution >= 0.6 is 11.6 Å². The minimum atomic E-state index is -3.93. The number of halogens is 2. The third-order valence-corrected chi connectivity index (χ3v) is 7.04. The monoisotopic (exact) mass is 444 g/mol. The second-order valence-electron chi connectivity index (χ2n) is 8.12. The van der Waals surface area contributed by atoms with E-state index >= 15 is 0 Å². The van der Waals surface area contributed by atoms with E-state index in [9.17, 15) is 12.8 Å². The van der Waals surface area contributed by atoms with Gasteiger partial charge in [-0.15, -0.1) is 0 Å². The van der Waals surface area contributed by atoms with Gasteiger partial charge in [-0.05, 0) is 65.4 Å². The minimum absolute atomic E-state index is 0.111. The van der Waals surface area contributed by atoms with Gasteiger partial charge in [0.05, 0.1) is 16.6 Å². The van der Waals surface area contributed by atoms with Crippen LogP contribution in [0.25, 0.3) is 0 Å². The van der Waals surface area contributed by atoms with E-state index in [1.165, 1.54) is 18.2 Å². The van der Waals surface area contributed by atoms with Gasteiger partial charge in [0.25, 0.3) is 10.0 Å². The van der Waals surface area contributed by atoms with Crippen molar-refractivity contribution >= 4 is 33.0 Å². The predicted molar refractivity (Wildman–Crippen MR) is 119 cm³/mol. The number of para-hydroxylation sites is 1. The fourth-order valence-electron chi connectivity index (χ4n) is 3.98. The Morgan fingerprint density at radius 1 is 1.07 bits per heavy atom. The Balaban J connectivity index is 1.70. The molecule has 0 spiro atoms. The highest BCUT2D eigenvalue weighted by atomic mass is 35.5. The molecule has 156 valence electrons. The number of anilines is 2. The number of hydrogen-bond acceptors (Lipinski definition) is 3. The van der Waals surface area contributed by atoms with E-state index in [1.807, 2.05) is 30.3 Å². The van der Waals surface area contributed by atoms with Crippen LogP contribution in [0.2, 0.25) is 5.02 Å². The molecular formula is C23H22ClFN2O2S. The first kappa shape index (κ1) is 20.7. The van der Waals surface area contributed by atoms with Crippen LogP contribution in [0.5, 0.6) is 0 Å². The molecule has 0 radical (unpaired) electrons. The fourth-order valence-corrected chi connectivity index (χ4v) is 5.27. The third-order valence-electron chi connectivity index (χ3n) is 5.44. The van der Waals surface area contributed by atoms with E-state index in [2.05, 4.69) is 23.9 Å². The van der Waals surface area contributed by atoms with Gasteiger partial charge in [-0.25, -0.2) is 12.8 Å². The topological polar surface area (TPSA) is 58.2 Å². The fraction of sp³-hybridized carbons (Fsp3) is 0.217. The third kappa shape index (κ3) is 4.02. The predicted octanol–water partition coefficient (Wildman–Crippen LogP) is 6.11. The molecule has 0 fully saturated rings. The molecule has 1 aliphatic rings. The Labute approximate surface area is 181 Å². The quantitative estimate of drug-likeness (QED) is 0.510. The summed E-state index contributed by atoms with van der Waals surface area (Å²) < 4.78 is 41.9. The summed E-state index contributed by atoms with van der Waals surface area (Å²) >= 11 is 6.19. The molecule has 0 aromatic heterocycles.